The van der Waals surface area contributed by atoms with Crippen LogP contribution in [0.25, 0.3) is 0 Å². The Kier molecular flexibility index (Phi) is 6.29. The molecule has 0 unspecified atom stereocenters. The van der Waals surface area contributed by atoms with Crippen LogP contribution in [0.15, 0.2) is 30.3 Å². The van der Waals surface area contributed by atoms with Crippen molar-refractivity contribution in [2.45, 2.75) is 33.2 Å². The number of hydrogen-bond donors (Lipinski definition) is 0. The Morgan fingerprint density at radius 3 is 2.59 bits per heavy atom. The molecule has 4 heteroatoms. The zero-order valence-electron chi connectivity index (χ0n) is 10.4. The summed E-state index contributed by atoms with van der Waals surface area (Å²) in [5, 5.41) is 1.24. The molecule has 0 atom stereocenters. The summed E-state index contributed by atoms with van der Waals surface area (Å²) < 4.78 is 0. The van der Waals surface area contributed by atoms with Crippen molar-refractivity contribution >= 4 is 5.97 Å². The summed E-state index contributed by atoms with van der Waals surface area (Å²) in [6.45, 7) is 4.43. The summed E-state index contributed by atoms with van der Waals surface area (Å²) in [7, 11) is 0. The van der Waals surface area contributed by atoms with E-state index in [-0.39, 0.29) is 5.97 Å². The van der Waals surface area contributed by atoms with Crippen LogP contribution in [0.4, 0.5) is 0 Å². The number of benzene rings is 1. The lowest BCUT2D eigenvalue weighted by Gasteiger charge is -2.19. The largest absolute Gasteiger partial charge is 0.342 e. The molecule has 0 radical (unpaired) electrons. The van der Waals surface area contributed by atoms with Crippen LogP contribution < -0.4 is 0 Å². The lowest BCUT2D eigenvalue weighted by Crippen LogP contribution is -2.26. The third-order valence-electron chi connectivity index (χ3n) is 2.12. The quantitative estimate of drug-likeness (QED) is 0.540. The molecule has 1 aromatic carbocycles. The third-order valence-corrected chi connectivity index (χ3v) is 2.12. The highest BCUT2D eigenvalue weighted by atomic mass is 17.0. The van der Waals surface area contributed by atoms with E-state index in [1.54, 1.807) is 0 Å². The molecule has 0 aliphatic heterocycles. The lowest BCUT2D eigenvalue weighted by molar-refractivity contribution is -0.351. The molecule has 1 aromatic rings. The predicted molar refractivity (Wildman–Crippen MR) is 64.6 cm³/mol. The normalized spacial score (nSPS) is 10.5. The second kappa shape index (κ2) is 7.81. The van der Waals surface area contributed by atoms with E-state index in [0.717, 1.165) is 18.4 Å². The summed E-state index contributed by atoms with van der Waals surface area (Å²) >= 11 is 0. The van der Waals surface area contributed by atoms with Crippen LogP contribution in [-0.2, 0) is 21.0 Å². The Morgan fingerprint density at radius 1 is 1.29 bits per heavy atom. The van der Waals surface area contributed by atoms with Crippen molar-refractivity contribution in [3.63, 3.8) is 0 Å². The summed E-state index contributed by atoms with van der Waals surface area (Å²) in [4.78, 5) is 21.3. The van der Waals surface area contributed by atoms with Crippen LogP contribution >= 0.6 is 0 Å². The van der Waals surface area contributed by atoms with Gasteiger partial charge in [-0.1, -0.05) is 43.7 Å². The number of carbonyl (C=O) groups excluding carboxylic acids is 1. The standard InChI is InChI=1S/C13H19NO3/c1-3-4-10-16-14(17-12(2)15)11-13-8-6-5-7-9-13/h5-9H,3-4,10-11H2,1-2H3. The molecule has 0 bridgehead atoms. The van der Waals surface area contributed by atoms with Gasteiger partial charge in [-0.25, -0.2) is 0 Å². The van der Waals surface area contributed by atoms with Gasteiger partial charge in [-0.3, -0.25) is 9.63 Å². The van der Waals surface area contributed by atoms with Crippen LogP contribution in [0.3, 0.4) is 0 Å². The Labute approximate surface area is 102 Å². The fourth-order valence-electron chi connectivity index (χ4n) is 1.29. The summed E-state index contributed by atoms with van der Waals surface area (Å²) in [5.74, 6) is -0.377. The van der Waals surface area contributed by atoms with Gasteiger partial charge in [0.1, 0.15) is 0 Å². The smallest absolute Gasteiger partial charge is 0.325 e. The van der Waals surface area contributed by atoms with Crippen molar-refractivity contribution in [2.24, 2.45) is 0 Å². The topological polar surface area (TPSA) is 38.8 Å². The molecule has 0 spiro atoms. The number of nitrogens with zero attached hydrogens (tertiary/aromatic N) is 1. The van der Waals surface area contributed by atoms with E-state index in [9.17, 15) is 4.79 Å². The minimum atomic E-state index is -0.377. The Hall–Kier alpha value is -1.39. The number of hydrogen-bond acceptors (Lipinski definition) is 4. The molecule has 0 N–H and O–H groups in total. The molecular weight excluding hydrogens is 218 g/mol. The first-order chi connectivity index (χ1) is 8.22. The first-order valence-electron chi connectivity index (χ1n) is 5.85. The SMILES string of the molecule is CCCCON(Cc1ccccc1)OC(C)=O. The molecular formula is C13H19NO3. The highest BCUT2D eigenvalue weighted by molar-refractivity contribution is 5.65. The van der Waals surface area contributed by atoms with Crippen LogP contribution in [0.2, 0.25) is 0 Å². The van der Waals surface area contributed by atoms with Crippen LogP contribution in [0, 0.1) is 0 Å². The maximum Gasteiger partial charge on any atom is 0.325 e. The minimum absolute atomic E-state index is 0.377. The number of hydroxylamine groups is 2. The maximum absolute atomic E-state index is 10.9. The Bertz CT molecular complexity index is 327. The van der Waals surface area contributed by atoms with Gasteiger partial charge >= 0.3 is 5.97 Å². The number of rotatable bonds is 7. The molecule has 0 heterocycles. The molecule has 0 fully saturated rings. The van der Waals surface area contributed by atoms with Crippen molar-refractivity contribution < 1.29 is 14.5 Å². The molecule has 0 saturated heterocycles. The van der Waals surface area contributed by atoms with E-state index in [1.807, 2.05) is 30.3 Å². The molecule has 1 rings (SSSR count). The molecule has 17 heavy (non-hydrogen) atoms. The van der Waals surface area contributed by atoms with Gasteiger partial charge in [0.15, 0.2) is 0 Å². The zero-order chi connectivity index (χ0) is 12.5. The highest BCUT2D eigenvalue weighted by Gasteiger charge is 2.09. The van der Waals surface area contributed by atoms with Crippen molar-refractivity contribution in [1.82, 2.24) is 5.23 Å². The summed E-state index contributed by atoms with van der Waals surface area (Å²) in [5.41, 5.74) is 1.03. The zero-order valence-corrected chi connectivity index (χ0v) is 10.4. The van der Waals surface area contributed by atoms with Crippen molar-refractivity contribution in [1.29, 1.82) is 0 Å². The Morgan fingerprint density at radius 2 is 2.00 bits per heavy atom. The fourth-order valence-corrected chi connectivity index (χ4v) is 1.29. The van der Waals surface area contributed by atoms with Gasteiger partial charge in [0.05, 0.1) is 13.2 Å². The molecule has 0 aromatic heterocycles. The molecule has 0 aliphatic rings. The van der Waals surface area contributed by atoms with Crippen molar-refractivity contribution in [3.8, 4) is 0 Å². The number of unbranched alkanes of at least 4 members (excludes halogenated alkanes) is 1. The third kappa shape index (κ3) is 6.04. The second-order valence-electron chi connectivity index (χ2n) is 3.75. The van der Waals surface area contributed by atoms with Crippen molar-refractivity contribution in [2.75, 3.05) is 6.61 Å². The lowest BCUT2D eigenvalue weighted by atomic mass is 10.2. The van der Waals surface area contributed by atoms with E-state index < -0.39 is 0 Å². The van der Waals surface area contributed by atoms with Gasteiger partial charge in [-0.15, -0.1) is 0 Å². The molecule has 0 saturated carbocycles. The molecule has 0 aliphatic carbocycles. The fraction of sp³-hybridized carbons (Fsp3) is 0.462. The first kappa shape index (κ1) is 13.7. The van der Waals surface area contributed by atoms with E-state index in [0.29, 0.717) is 13.2 Å². The average molecular weight is 237 g/mol. The van der Waals surface area contributed by atoms with Gasteiger partial charge < -0.3 is 4.84 Å². The Balaban J connectivity index is 2.48. The summed E-state index contributed by atoms with van der Waals surface area (Å²) in [6, 6.07) is 9.73. The van der Waals surface area contributed by atoms with Gasteiger partial charge in [-0.2, -0.15) is 0 Å². The highest BCUT2D eigenvalue weighted by Crippen LogP contribution is 2.06. The molecule has 0 amide bonds. The number of carbonyl (C=O) groups is 1. The molecule has 94 valence electrons. The predicted octanol–water partition coefficient (Wildman–Crippen LogP) is 2.70. The van der Waals surface area contributed by atoms with E-state index in [1.165, 1.54) is 12.2 Å². The van der Waals surface area contributed by atoms with Gasteiger partial charge in [0, 0.05) is 6.92 Å². The van der Waals surface area contributed by atoms with Crippen LogP contribution in [-0.4, -0.2) is 17.8 Å². The second-order valence-corrected chi connectivity index (χ2v) is 3.75. The van der Waals surface area contributed by atoms with E-state index in [4.69, 9.17) is 9.68 Å². The van der Waals surface area contributed by atoms with Gasteiger partial charge in [-0.05, 0) is 17.2 Å². The average Bonchev–Trinajstić information content (AvgIpc) is 2.30. The van der Waals surface area contributed by atoms with E-state index in [2.05, 4.69) is 6.92 Å². The van der Waals surface area contributed by atoms with Gasteiger partial charge in [0.25, 0.3) is 0 Å². The van der Waals surface area contributed by atoms with E-state index >= 15 is 0 Å². The maximum atomic E-state index is 10.9. The van der Waals surface area contributed by atoms with Crippen LogP contribution in [0.5, 0.6) is 0 Å². The first-order valence-corrected chi connectivity index (χ1v) is 5.85. The van der Waals surface area contributed by atoms with Crippen LogP contribution in [0.1, 0.15) is 32.3 Å². The summed E-state index contributed by atoms with van der Waals surface area (Å²) in [6.07, 6.45) is 1.98. The minimum Gasteiger partial charge on any atom is -0.342 e. The van der Waals surface area contributed by atoms with Crippen molar-refractivity contribution in [3.05, 3.63) is 35.9 Å². The molecule has 4 nitrogen and oxygen atoms in total. The monoisotopic (exact) mass is 237 g/mol. The van der Waals surface area contributed by atoms with Gasteiger partial charge in [0.2, 0.25) is 0 Å².